The van der Waals surface area contributed by atoms with Crippen LogP contribution in [0.15, 0.2) is 30.0 Å². The number of carboxylic acids is 2. The van der Waals surface area contributed by atoms with Gasteiger partial charge in [0.25, 0.3) is 0 Å². The van der Waals surface area contributed by atoms with E-state index in [1.165, 1.54) is 39.7 Å². The molecule has 3 aliphatic rings. The molecule has 0 saturated carbocycles. The van der Waals surface area contributed by atoms with E-state index in [4.69, 9.17) is 45.2 Å². The first-order chi connectivity index (χ1) is 56.1. The van der Waals surface area contributed by atoms with Gasteiger partial charge < -0.3 is 128 Å². The number of aromatic amines is 2. The number of imidazole rings is 2. The third-order valence-electron chi connectivity index (χ3n) is 20.6. The summed E-state index contributed by atoms with van der Waals surface area (Å²) in [6, 6.07) is -17.5. The first-order valence-electron chi connectivity index (χ1n) is 40.2. The molecule has 0 bridgehead atoms. The Kier molecular flexibility index (Phi) is 40.8. The van der Waals surface area contributed by atoms with Crippen LogP contribution in [0.4, 0.5) is 0 Å². The molecule has 44 nitrogen and oxygen atoms in total. The molecule has 0 spiro atoms. The number of aromatic nitrogens is 4. The Morgan fingerprint density at radius 3 is 1.37 bits per heavy atom. The number of nitrogens with zero attached hydrogens (tertiary/aromatic N) is 6. The van der Waals surface area contributed by atoms with E-state index >= 15 is 4.79 Å². The van der Waals surface area contributed by atoms with Crippen LogP contribution in [0, 0.1) is 11.8 Å². The van der Waals surface area contributed by atoms with Gasteiger partial charge in [0.2, 0.25) is 88.6 Å². The van der Waals surface area contributed by atoms with E-state index in [0.717, 1.165) is 0 Å². The molecule has 0 radical (unpaired) electrons. The summed E-state index contributed by atoms with van der Waals surface area (Å²) >= 11 is 0. The Morgan fingerprint density at radius 1 is 0.492 bits per heavy atom. The second kappa shape index (κ2) is 49.6. The van der Waals surface area contributed by atoms with E-state index in [0.29, 0.717) is 56.3 Å². The van der Waals surface area contributed by atoms with Crippen LogP contribution in [0.2, 0.25) is 0 Å². The second-order valence-corrected chi connectivity index (χ2v) is 30.3. The first kappa shape index (κ1) is 97.1. The second-order valence-electron chi connectivity index (χ2n) is 30.3. The maximum Gasteiger partial charge on any atom is 0.326 e. The Morgan fingerprint density at radius 2 is 0.915 bits per heavy atom. The van der Waals surface area contributed by atoms with E-state index in [9.17, 15) is 81.8 Å². The van der Waals surface area contributed by atoms with Crippen molar-refractivity contribution in [3.8, 4) is 0 Å². The van der Waals surface area contributed by atoms with Crippen molar-refractivity contribution >= 4 is 107 Å². The molecule has 0 aliphatic carbocycles. The lowest BCUT2D eigenvalue weighted by atomic mass is 9.96. The number of carbonyl (C=O) groups excluding carboxylic acids is 15. The van der Waals surface area contributed by atoms with Crippen molar-refractivity contribution in [3.63, 3.8) is 0 Å². The zero-order valence-electron chi connectivity index (χ0n) is 67.4. The summed E-state index contributed by atoms with van der Waals surface area (Å²) in [5.41, 5.74) is 40.5. The van der Waals surface area contributed by atoms with Crippen molar-refractivity contribution in [2.75, 3.05) is 45.8 Å². The summed E-state index contributed by atoms with van der Waals surface area (Å²) in [6.45, 7) is 7.09. The van der Waals surface area contributed by atoms with Crippen LogP contribution in [0.1, 0.15) is 180 Å². The number of hydrogen-bond donors (Lipinski definition) is 21. The number of primary amides is 2. The van der Waals surface area contributed by atoms with Crippen molar-refractivity contribution in [2.24, 2.45) is 57.0 Å². The molecule has 118 heavy (non-hydrogen) atoms. The number of rotatable bonds is 53. The molecule has 0 aromatic carbocycles. The van der Waals surface area contributed by atoms with Crippen molar-refractivity contribution < 1.29 is 91.7 Å². The minimum atomic E-state index is -1.69. The van der Waals surface area contributed by atoms with Crippen molar-refractivity contribution in [1.29, 1.82) is 0 Å². The largest absolute Gasteiger partial charge is 0.481 e. The molecule has 2 aromatic rings. The van der Waals surface area contributed by atoms with Gasteiger partial charge in [-0.3, -0.25) is 81.7 Å². The van der Waals surface area contributed by atoms with Gasteiger partial charge in [0, 0.05) is 82.1 Å². The standard InChI is InChI=1S/C74H121N25O19/c1-5-41(4)60(96-68(112)55-19-13-31-99(55)72(116)52(34-43-36-83-39-87-43)95-63(107)45(15-6-8-26-75)90-66(110)53-17-11-29-97(53)70(114)44(77)14-10-28-84-74(80)81)69(113)92-46(16-7-9-27-76)62(106)94-50(33-42-35-82-38-86-42)65(109)89-47(20-23-56(78)100)61(105)85-37-58(102)88-51(32-40(2)3)71(115)98-30-12-18-54(98)67(111)91-48(21-24-57(79)101)64(108)93-49(73(117)118)22-25-59(103)104/h35-36,38-41,44-55,60H,5-34,37,75-77H2,1-4H3,(H2,78,100)(H2,79,101)(H,82,86)(H,83,87)(H,85,105)(H,88,102)(H,89,109)(H,90,110)(H,91,111)(H,92,113)(H,93,108)(H,94,106)(H,95,107)(H,96,112)(H,103,104)(H,117,118)(H4,80,81,84)/t41-,44-,45-,46-,47-,48-,49-,50-,51-,52-,53-,54-,55-,60-/m0/s1. The van der Waals surface area contributed by atoms with Crippen LogP contribution in [0.5, 0.6) is 0 Å². The van der Waals surface area contributed by atoms with Gasteiger partial charge in [-0.25, -0.2) is 14.8 Å². The third kappa shape index (κ3) is 31.9. The average Bonchev–Trinajstić information content (AvgIpc) is 1.63. The number of nitrogens with one attached hydrogen (secondary N) is 12. The summed E-state index contributed by atoms with van der Waals surface area (Å²) < 4.78 is 0. The molecule has 3 aliphatic heterocycles. The van der Waals surface area contributed by atoms with E-state index < -0.39 is 230 Å². The zero-order valence-corrected chi connectivity index (χ0v) is 67.4. The van der Waals surface area contributed by atoms with Gasteiger partial charge in [-0.15, -0.1) is 0 Å². The fourth-order valence-electron chi connectivity index (χ4n) is 14.0. The number of guanidine groups is 1. The van der Waals surface area contributed by atoms with Crippen molar-refractivity contribution in [2.45, 2.75) is 260 Å². The maximum absolute atomic E-state index is 15.0. The van der Waals surface area contributed by atoms with Crippen molar-refractivity contribution in [1.82, 2.24) is 87.8 Å². The van der Waals surface area contributed by atoms with E-state index in [1.54, 1.807) is 27.7 Å². The quantitative estimate of drug-likeness (QED) is 0.0166. The lowest BCUT2D eigenvalue weighted by Crippen LogP contribution is -2.61. The number of amides is 15. The molecule has 0 unspecified atom stereocenters. The fraction of sp³-hybridized carbons (Fsp3) is 0.676. The summed E-state index contributed by atoms with van der Waals surface area (Å²) in [7, 11) is 0. The Hall–Kier alpha value is -11.4. The Bertz CT molecular complexity index is 3770. The number of H-pyrrole nitrogens is 2. The molecule has 3 saturated heterocycles. The van der Waals surface area contributed by atoms with Gasteiger partial charge in [-0.2, -0.15) is 0 Å². The smallest absolute Gasteiger partial charge is 0.326 e. The molecule has 656 valence electrons. The lowest BCUT2D eigenvalue weighted by Gasteiger charge is -2.32. The molecule has 14 atom stereocenters. The molecule has 44 heteroatoms. The average molecular weight is 1660 g/mol. The highest BCUT2D eigenvalue weighted by Gasteiger charge is 2.44. The third-order valence-corrected chi connectivity index (χ3v) is 20.6. The molecule has 5 heterocycles. The Balaban J connectivity index is 1.31. The van der Waals surface area contributed by atoms with E-state index in [2.05, 4.69) is 78.1 Å². The van der Waals surface area contributed by atoms with Gasteiger partial charge in [0.05, 0.1) is 25.2 Å². The number of carboxylic acid groups (broad SMARTS) is 2. The predicted molar refractivity (Wildman–Crippen MR) is 423 cm³/mol. The topological polar surface area (TPSA) is 713 Å². The number of likely N-dealkylation sites (tertiary alicyclic amines) is 3. The summed E-state index contributed by atoms with van der Waals surface area (Å²) in [5.74, 6) is -16.3. The monoisotopic (exact) mass is 1660 g/mol. The van der Waals surface area contributed by atoms with Gasteiger partial charge in [0.1, 0.15) is 72.5 Å². The minimum Gasteiger partial charge on any atom is -0.481 e. The lowest BCUT2D eigenvalue weighted by molar-refractivity contribution is -0.144. The Labute approximate surface area is 683 Å². The molecule has 15 amide bonds. The highest BCUT2D eigenvalue weighted by molar-refractivity contribution is 6.00. The van der Waals surface area contributed by atoms with Gasteiger partial charge >= 0.3 is 11.9 Å². The van der Waals surface area contributed by atoms with Crippen LogP contribution in [0.3, 0.4) is 0 Å². The predicted octanol–water partition coefficient (Wildman–Crippen LogP) is -6.42. The number of hydrogen-bond acceptors (Lipinski definition) is 23. The summed E-state index contributed by atoms with van der Waals surface area (Å²) in [5, 5.41) is 44.8. The normalized spacial score (nSPS) is 17.9. The van der Waals surface area contributed by atoms with E-state index in [1.807, 2.05) is 0 Å². The molecular weight excluding hydrogens is 1540 g/mol. The van der Waals surface area contributed by atoms with Crippen LogP contribution in [-0.4, -0.2) is 276 Å². The van der Waals surface area contributed by atoms with E-state index in [-0.39, 0.29) is 122 Å². The molecule has 5 rings (SSSR count). The highest BCUT2D eigenvalue weighted by Crippen LogP contribution is 2.25. The number of unbranched alkanes of at least 4 members (excludes halogenated alkanes) is 2. The van der Waals surface area contributed by atoms with Gasteiger partial charge in [0.15, 0.2) is 5.96 Å². The fourth-order valence-corrected chi connectivity index (χ4v) is 14.0. The first-order valence-corrected chi connectivity index (χ1v) is 40.2. The minimum absolute atomic E-state index is 0.000938. The number of aliphatic imine (C=N–C) groups is 1. The zero-order chi connectivity index (χ0) is 87.3. The molecule has 28 N–H and O–H groups in total. The molecule has 3 fully saturated rings. The SMILES string of the molecule is CC[C@H](C)[C@H](NC(=O)[C@@H]1CCCN1C(=O)[C@H](Cc1cnc[nH]1)NC(=O)[C@H](CCCCN)NC(=O)[C@@H]1CCCN1C(=O)[C@@H](N)CCCN=C(N)N)C(=O)N[C@@H](CCCCN)C(=O)N[C@@H](Cc1cnc[nH]1)C(=O)N[C@@H](CCC(N)=O)C(=O)NCC(=O)N[C@@H](CC(C)C)C(=O)N1CCC[C@H]1C(=O)N[C@@H](CCC(N)=O)C(=O)N[C@@H](CCC(=O)O)C(=O)O. The number of aliphatic carboxylic acids is 2. The van der Waals surface area contributed by atoms with Gasteiger partial charge in [-0.05, 0) is 141 Å². The van der Waals surface area contributed by atoms with Crippen LogP contribution < -0.4 is 93.3 Å². The number of nitrogens with two attached hydrogens (primary N) is 7. The highest BCUT2D eigenvalue weighted by atomic mass is 16.4. The maximum atomic E-state index is 15.0. The van der Waals surface area contributed by atoms with Crippen LogP contribution >= 0.6 is 0 Å². The summed E-state index contributed by atoms with van der Waals surface area (Å²) in [6.07, 6.45) is 6.17. The van der Waals surface area contributed by atoms with Crippen LogP contribution in [0.25, 0.3) is 0 Å². The number of carbonyl (C=O) groups is 17. The van der Waals surface area contributed by atoms with Gasteiger partial charge in [-0.1, -0.05) is 34.1 Å². The van der Waals surface area contributed by atoms with Crippen LogP contribution in [-0.2, 0) is 94.3 Å². The molecule has 2 aromatic heterocycles. The van der Waals surface area contributed by atoms with Crippen molar-refractivity contribution in [3.05, 3.63) is 36.4 Å². The molecular formula is C74H121N25O19. The summed E-state index contributed by atoms with van der Waals surface area (Å²) in [4.78, 5) is 255.